The third-order valence-electron chi connectivity index (χ3n) is 11.8. The van der Waals surface area contributed by atoms with Gasteiger partial charge in [0.2, 0.25) is 0 Å². The van der Waals surface area contributed by atoms with Crippen molar-refractivity contribution in [3.63, 3.8) is 0 Å². The number of fused-ring (bicyclic) bond motifs is 5. The van der Waals surface area contributed by atoms with Crippen molar-refractivity contribution in [1.29, 1.82) is 0 Å². The molecule has 0 bridgehead atoms. The Bertz CT molecular complexity index is 2450. The fraction of sp³-hybridized carbons (Fsp3) is 0.250. The lowest BCUT2D eigenvalue weighted by Gasteiger charge is -2.48. The van der Waals surface area contributed by atoms with Crippen LogP contribution in [-0.2, 0) is 11.0 Å². The summed E-state index contributed by atoms with van der Waals surface area (Å²) in [6, 6.07) is 40.9. The number of hydrogen-bond acceptors (Lipinski definition) is 3. The first-order chi connectivity index (χ1) is 24.9. The summed E-state index contributed by atoms with van der Waals surface area (Å²) in [6.07, 6.45) is 1.95. The molecule has 260 valence electrons. The summed E-state index contributed by atoms with van der Waals surface area (Å²) in [4.78, 5) is 10.2. The van der Waals surface area contributed by atoms with E-state index in [1.807, 2.05) is 12.3 Å². The van der Waals surface area contributed by atoms with E-state index in [0.717, 1.165) is 50.4 Å². The second-order valence-electron chi connectivity index (χ2n) is 16.0. The molecule has 8 rings (SSSR count). The van der Waals surface area contributed by atoms with Crippen LogP contribution in [0.1, 0.15) is 83.9 Å². The molecule has 4 nitrogen and oxygen atoms in total. The molecule has 0 saturated heterocycles. The van der Waals surface area contributed by atoms with Crippen molar-refractivity contribution in [2.24, 2.45) is 0 Å². The quantitative estimate of drug-likeness (QED) is 0.190. The van der Waals surface area contributed by atoms with Crippen molar-refractivity contribution in [3.05, 3.63) is 138 Å². The molecule has 7 aromatic rings. The van der Waals surface area contributed by atoms with Gasteiger partial charge in [-0.05, 0) is 101 Å². The lowest BCUT2D eigenvalue weighted by Crippen LogP contribution is -2.48. The molecular weight excluding hydrogens is 635 g/mol. The number of pyridine rings is 1. The standard InChI is InChI=1S/C48H47N3O/c1-29(2)37-26-35(31-15-10-9-11-16-31)27-38(30(3)4)43(37)34-23-24-49-40(28-34)33-18-12-17-32(25-33)36-19-13-21-41-45(36)50-46-44-39(20-14-22-42(44)52)47(5,6)48(7,8)51(41)46/h9-30,52H,1-8H3. The molecule has 0 radical (unpaired) electrons. The maximum atomic E-state index is 11.2. The van der Waals surface area contributed by atoms with Gasteiger partial charge in [-0.25, -0.2) is 4.98 Å². The number of aromatic hydroxyl groups is 1. The van der Waals surface area contributed by atoms with Gasteiger partial charge < -0.3 is 9.67 Å². The average Bonchev–Trinajstić information content (AvgIpc) is 3.54. The second-order valence-corrected chi connectivity index (χ2v) is 16.0. The van der Waals surface area contributed by atoms with Crippen molar-refractivity contribution >= 4 is 11.0 Å². The van der Waals surface area contributed by atoms with Gasteiger partial charge in [0, 0.05) is 22.7 Å². The van der Waals surface area contributed by atoms with Crippen molar-refractivity contribution in [3.8, 4) is 61.8 Å². The Balaban J connectivity index is 1.26. The van der Waals surface area contributed by atoms with Crippen molar-refractivity contribution in [1.82, 2.24) is 14.5 Å². The number of rotatable bonds is 6. The van der Waals surface area contributed by atoms with Crippen molar-refractivity contribution < 1.29 is 5.11 Å². The molecule has 0 fully saturated rings. The van der Waals surface area contributed by atoms with Gasteiger partial charge in [0.15, 0.2) is 0 Å². The Kier molecular flexibility index (Phi) is 7.98. The molecule has 5 aromatic carbocycles. The van der Waals surface area contributed by atoms with Crippen molar-refractivity contribution in [2.45, 2.75) is 78.2 Å². The highest BCUT2D eigenvalue weighted by Gasteiger charge is 2.48. The fourth-order valence-electron chi connectivity index (χ4n) is 8.29. The molecule has 3 heterocycles. The van der Waals surface area contributed by atoms with E-state index in [-0.39, 0.29) is 16.7 Å². The zero-order chi connectivity index (χ0) is 36.5. The number of aromatic nitrogens is 3. The molecule has 2 aromatic heterocycles. The van der Waals surface area contributed by atoms with Crippen LogP contribution in [-0.4, -0.2) is 19.6 Å². The van der Waals surface area contributed by atoms with Gasteiger partial charge in [-0.1, -0.05) is 126 Å². The normalized spacial score (nSPS) is 14.5. The molecule has 0 atom stereocenters. The molecule has 52 heavy (non-hydrogen) atoms. The van der Waals surface area contributed by atoms with Gasteiger partial charge in [0.25, 0.3) is 0 Å². The highest BCUT2D eigenvalue weighted by molar-refractivity contribution is 5.96. The van der Waals surface area contributed by atoms with Gasteiger partial charge >= 0.3 is 0 Å². The molecule has 1 N–H and O–H groups in total. The van der Waals surface area contributed by atoms with Crippen LogP contribution in [0.25, 0.3) is 67.1 Å². The number of imidazole rings is 1. The van der Waals surface area contributed by atoms with E-state index >= 15 is 0 Å². The monoisotopic (exact) mass is 681 g/mol. The zero-order valence-corrected chi connectivity index (χ0v) is 31.5. The second kappa shape index (κ2) is 12.3. The van der Waals surface area contributed by atoms with Gasteiger partial charge in [-0.2, -0.15) is 0 Å². The Labute approximate surface area is 307 Å². The van der Waals surface area contributed by atoms with E-state index in [1.54, 1.807) is 6.07 Å². The lowest BCUT2D eigenvalue weighted by molar-refractivity contribution is 0.201. The van der Waals surface area contributed by atoms with Gasteiger partial charge in [-0.3, -0.25) is 4.98 Å². The maximum absolute atomic E-state index is 11.2. The largest absolute Gasteiger partial charge is 0.507 e. The summed E-state index contributed by atoms with van der Waals surface area (Å²) in [5.74, 6) is 1.78. The molecule has 0 saturated carbocycles. The Morgan fingerprint density at radius 3 is 1.96 bits per heavy atom. The zero-order valence-electron chi connectivity index (χ0n) is 31.5. The Morgan fingerprint density at radius 1 is 0.596 bits per heavy atom. The van der Waals surface area contributed by atoms with E-state index in [2.05, 4.69) is 163 Å². The lowest BCUT2D eigenvalue weighted by atomic mass is 9.65. The van der Waals surface area contributed by atoms with Gasteiger partial charge in [0.1, 0.15) is 11.6 Å². The van der Waals surface area contributed by atoms with Crippen LogP contribution in [0.15, 0.2) is 121 Å². The minimum atomic E-state index is -0.300. The summed E-state index contributed by atoms with van der Waals surface area (Å²) in [5.41, 5.74) is 15.2. The maximum Gasteiger partial charge on any atom is 0.145 e. The summed E-state index contributed by atoms with van der Waals surface area (Å²) >= 11 is 0. The smallest absolute Gasteiger partial charge is 0.145 e. The van der Waals surface area contributed by atoms with Crippen LogP contribution < -0.4 is 0 Å². The first kappa shape index (κ1) is 33.7. The van der Waals surface area contributed by atoms with Crippen LogP contribution in [0.5, 0.6) is 5.75 Å². The van der Waals surface area contributed by atoms with Gasteiger partial charge in [0.05, 0.1) is 27.8 Å². The highest BCUT2D eigenvalue weighted by Crippen LogP contribution is 2.54. The van der Waals surface area contributed by atoms with E-state index < -0.39 is 0 Å². The first-order valence-corrected chi connectivity index (χ1v) is 18.5. The topological polar surface area (TPSA) is 50.9 Å². The van der Waals surface area contributed by atoms with Crippen LogP contribution in [0.4, 0.5) is 0 Å². The van der Waals surface area contributed by atoms with Crippen molar-refractivity contribution in [2.75, 3.05) is 0 Å². The summed E-state index contributed by atoms with van der Waals surface area (Å²) in [5, 5.41) is 11.2. The molecule has 0 amide bonds. The van der Waals surface area contributed by atoms with Crippen LogP contribution in [0, 0.1) is 0 Å². The predicted octanol–water partition coefficient (Wildman–Crippen LogP) is 12.7. The SMILES string of the molecule is CC(C)c1cc(-c2ccccc2)cc(C(C)C)c1-c1ccnc(-c2cccc(-c3cccc4c3nc3n4C(C)(C)C(C)(C)c4cccc(O)c4-3)c2)c1. The number of benzene rings is 5. The molecule has 1 aliphatic heterocycles. The fourth-order valence-corrected chi connectivity index (χ4v) is 8.29. The number of phenolic OH excluding ortho intramolecular Hbond substituents is 1. The summed E-state index contributed by atoms with van der Waals surface area (Å²) in [6.45, 7) is 18.3. The first-order valence-electron chi connectivity index (χ1n) is 18.5. The minimum absolute atomic E-state index is 0.249. The van der Waals surface area contributed by atoms with Gasteiger partial charge in [-0.15, -0.1) is 0 Å². The number of nitrogens with zero attached hydrogens (tertiary/aromatic N) is 3. The summed E-state index contributed by atoms with van der Waals surface area (Å²) in [7, 11) is 0. The van der Waals surface area contributed by atoms with Crippen LogP contribution in [0.3, 0.4) is 0 Å². The molecule has 0 unspecified atom stereocenters. The number of phenols is 1. The molecule has 0 aliphatic carbocycles. The van der Waals surface area contributed by atoms with E-state index in [4.69, 9.17) is 9.97 Å². The number of para-hydroxylation sites is 1. The summed E-state index contributed by atoms with van der Waals surface area (Å²) < 4.78 is 2.34. The Hall–Kier alpha value is -5.48. The molecule has 4 heteroatoms. The van der Waals surface area contributed by atoms with E-state index in [1.165, 1.54) is 33.4 Å². The van der Waals surface area contributed by atoms with Crippen LogP contribution >= 0.6 is 0 Å². The third-order valence-corrected chi connectivity index (χ3v) is 11.8. The average molecular weight is 682 g/mol. The number of hydrogen-bond donors (Lipinski definition) is 1. The Morgan fingerprint density at radius 2 is 1.25 bits per heavy atom. The highest BCUT2D eigenvalue weighted by atomic mass is 16.3. The van der Waals surface area contributed by atoms with Crippen LogP contribution in [0.2, 0.25) is 0 Å². The third kappa shape index (κ3) is 5.19. The minimum Gasteiger partial charge on any atom is -0.507 e. The predicted molar refractivity (Wildman–Crippen MR) is 217 cm³/mol. The molecule has 1 aliphatic rings. The molecule has 0 spiro atoms. The molecular formula is C48H47N3O. The van der Waals surface area contributed by atoms with E-state index in [9.17, 15) is 5.11 Å². The van der Waals surface area contributed by atoms with E-state index in [0.29, 0.717) is 11.8 Å².